The number of hydrogen-bond donors (Lipinski definition) is 2. The maximum absolute atomic E-state index is 14.4. The number of nitrogens with zero attached hydrogens (tertiary/aromatic N) is 5. The lowest BCUT2D eigenvalue weighted by Gasteiger charge is -2.23. The van der Waals surface area contributed by atoms with Crippen LogP contribution < -0.4 is 10.9 Å². The van der Waals surface area contributed by atoms with E-state index in [0.29, 0.717) is 33.7 Å². The molecule has 4 aromatic rings. The van der Waals surface area contributed by atoms with Crippen molar-refractivity contribution in [2.75, 3.05) is 5.32 Å². The third-order valence-electron chi connectivity index (χ3n) is 4.91. The van der Waals surface area contributed by atoms with Crippen molar-refractivity contribution < 1.29 is 4.39 Å². The van der Waals surface area contributed by atoms with Crippen LogP contribution >= 0.6 is 0 Å². The van der Waals surface area contributed by atoms with E-state index in [4.69, 9.17) is 0 Å². The molecule has 5 rings (SSSR count). The number of halogens is 1. The monoisotopic (exact) mass is 389 g/mol. The molecule has 0 bridgehead atoms. The zero-order valence-electron chi connectivity index (χ0n) is 15.4. The number of imidazole rings is 1. The van der Waals surface area contributed by atoms with Gasteiger partial charge in [-0.25, -0.2) is 24.3 Å². The Morgan fingerprint density at radius 1 is 1.24 bits per heavy atom. The first-order chi connectivity index (χ1) is 14.1. The second-order valence-electron chi connectivity index (χ2n) is 6.73. The second-order valence-corrected chi connectivity index (χ2v) is 6.73. The minimum Gasteiger partial charge on any atom is -0.358 e. The molecule has 2 atom stereocenters. The largest absolute Gasteiger partial charge is 0.358 e. The van der Waals surface area contributed by atoms with Crippen molar-refractivity contribution in [3.05, 3.63) is 77.2 Å². The first-order valence-electron chi connectivity index (χ1n) is 9.09. The number of H-pyrrole nitrogens is 1. The van der Waals surface area contributed by atoms with Crippen molar-refractivity contribution >= 4 is 27.9 Å². The predicted octanol–water partition coefficient (Wildman–Crippen LogP) is 3.20. The molecule has 1 aromatic carbocycles. The number of nitrogens with one attached hydrogen (secondary N) is 2. The SMILES string of the molecule is C[C@H](Nc1ncnc2nc[nH]c12)c1nc2ccccc2c(=O)n1C1C=CC=C1F. The molecular weight excluding hydrogens is 373 g/mol. The summed E-state index contributed by atoms with van der Waals surface area (Å²) >= 11 is 0. The molecule has 2 N–H and O–H groups in total. The highest BCUT2D eigenvalue weighted by molar-refractivity contribution is 5.82. The lowest BCUT2D eigenvalue weighted by atomic mass is 10.2. The van der Waals surface area contributed by atoms with Crippen molar-refractivity contribution in [3.63, 3.8) is 0 Å². The molecule has 3 aromatic heterocycles. The third-order valence-corrected chi connectivity index (χ3v) is 4.91. The van der Waals surface area contributed by atoms with Crippen molar-refractivity contribution in [2.24, 2.45) is 0 Å². The van der Waals surface area contributed by atoms with Gasteiger partial charge in [-0.05, 0) is 25.1 Å². The smallest absolute Gasteiger partial charge is 0.262 e. The number of anilines is 1. The standard InChI is InChI=1S/C20H16FN7O/c1-11(26-18-16-17(23-9-22-16)24-10-25-18)19-27-14-7-3-2-5-12(14)20(29)28(19)15-8-4-6-13(15)21/h2-11,15H,1H3,(H2,22,23,24,25,26)/t11-,15?/m0/s1. The molecule has 8 nitrogen and oxygen atoms in total. The molecule has 0 amide bonds. The topological polar surface area (TPSA) is 101 Å². The maximum Gasteiger partial charge on any atom is 0.262 e. The van der Waals surface area contributed by atoms with Gasteiger partial charge in [0.25, 0.3) is 5.56 Å². The summed E-state index contributed by atoms with van der Waals surface area (Å²) in [5.41, 5.74) is 1.42. The van der Waals surface area contributed by atoms with Gasteiger partial charge in [-0.2, -0.15) is 0 Å². The summed E-state index contributed by atoms with van der Waals surface area (Å²) in [6.45, 7) is 1.84. The summed E-state index contributed by atoms with van der Waals surface area (Å²) < 4.78 is 15.8. The minimum absolute atomic E-state index is 0.297. The van der Waals surface area contributed by atoms with Crippen LogP contribution in [0.4, 0.5) is 10.2 Å². The number of aromatic amines is 1. The Bertz CT molecular complexity index is 1350. The molecule has 0 saturated heterocycles. The Morgan fingerprint density at radius 2 is 2.10 bits per heavy atom. The molecule has 0 aliphatic heterocycles. The van der Waals surface area contributed by atoms with Gasteiger partial charge in [0.05, 0.1) is 23.3 Å². The Hall–Kier alpha value is -3.88. The fourth-order valence-corrected chi connectivity index (χ4v) is 3.53. The molecule has 0 saturated carbocycles. The fraction of sp³-hybridized carbons (Fsp3) is 0.150. The van der Waals surface area contributed by atoms with Gasteiger partial charge in [0, 0.05) is 0 Å². The summed E-state index contributed by atoms with van der Waals surface area (Å²) in [5.74, 6) is 0.516. The number of aromatic nitrogens is 6. The van der Waals surface area contributed by atoms with E-state index in [1.807, 2.05) is 13.0 Å². The van der Waals surface area contributed by atoms with E-state index >= 15 is 0 Å². The highest BCUT2D eigenvalue weighted by Gasteiger charge is 2.26. The van der Waals surface area contributed by atoms with E-state index in [-0.39, 0.29) is 5.56 Å². The second kappa shape index (κ2) is 6.62. The van der Waals surface area contributed by atoms with Crippen LogP contribution in [-0.2, 0) is 0 Å². The van der Waals surface area contributed by atoms with Crippen LogP contribution in [0, 0.1) is 0 Å². The van der Waals surface area contributed by atoms with Gasteiger partial charge < -0.3 is 10.3 Å². The summed E-state index contributed by atoms with van der Waals surface area (Å²) in [7, 11) is 0. The van der Waals surface area contributed by atoms with Gasteiger partial charge >= 0.3 is 0 Å². The predicted molar refractivity (Wildman–Crippen MR) is 107 cm³/mol. The first kappa shape index (κ1) is 17.2. The van der Waals surface area contributed by atoms with Gasteiger partial charge in [0.15, 0.2) is 11.5 Å². The van der Waals surface area contributed by atoms with Crippen LogP contribution in [0.15, 0.2) is 65.8 Å². The summed E-state index contributed by atoms with van der Waals surface area (Å²) in [6, 6.07) is 5.78. The summed E-state index contributed by atoms with van der Waals surface area (Å²) in [6.07, 6.45) is 7.53. The van der Waals surface area contributed by atoms with E-state index in [2.05, 4.69) is 30.2 Å². The summed E-state index contributed by atoms with van der Waals surface area (Å²) in [5, 5.41) is 3.69. The Kier molecular flexibility index (Phi) is 3.94. The van der Waals surface area contributed by atoms with Crippen LogP contribution in [0.5, 0.6) is 0 Å². The molecule has 0 spiro atoms. The van der Waals surface area contributed by atoms with Crippen LogP contribution in [0.3, 0.4) is 0 Å². The molecule has 1 unspecified atom stereocenters. The Balaban J connectivity index is 1.67. The highest BCUT2D eigenvalue weighted by Crippen LogP contribution is 2.29. The molecule has 0 fully saturated rings. The van der Waals surface area contributed by atoms with E-state index in [9.17, 15) is 9.18 Å². The van der Waals surface area contributed by atoms with Crippen molar-refractivity contribution in [1.82, 2.24) is 29.5 Å². The number of para-hydroxylation sites is 1. The normalized spacial score (nSPS) is 17.0. The van der Waals surface area contributed by atoms with Crippen LogP contribution in [0.1, 0.15) is 24.8 Å². The fourth-order valence-electron chi connectivity index (χ4n) is 3.53. The molecule has 0 radical (unpaired) electrons. The van der Waals surface area contributed by atoms with Crippen molar-refractivity contribution in [2.45, 2.75) is 19.0 Å². The quantitative estimate of drug-likeness (QED) is 0.556. The molecule has 1 aliphatic carbocycles. The number of hydrogen-bond acceptors (Lipinski definition) is 6. The Labute approximate surface area is 163 Å². The third kappa shape index (κ3) is 2.78. The molecule has 144 valence electrons. The van der Waals surface area contributed by atoms with Gasteiger partial charge in [0.2, 0.25) is 0 Å². The van der Waals surface area contributed by atoms with E-state index in [1.54, 1.807) is 30.4 Å². The van der Waals surface area contributed by atoms with Gasteiger partial charge in [-0.3, -0.25) is 9.36 Å². The van der Waals surface area contributed by atoms with E-state index in [1.165, 1.54) is 23.3 Å². The van der Waals surface area contributed by atoms with Crippen LogP contribution in [0.25, 0.3) is 22.1 Å². The Morgan fingerprint density at radius 3 is 2.93 bits per heavy atom. The minimum atomic E-state index is -0.823. The van der Waals surface area contributed by atoms with Crippen LogP contribution in [0.2, 0.25) is 0 Å². The number of allylic oxidation sites excluding steroid dienone is 4. The van der Waals surface area contributed by atoms with E-state index in [0.717, 1.165) is 0 Å². The zero-order chi connectivity index (χ0) is 20.0. The van der Waals surface area contributed by atoms with Crippen LogP contribution in [-0.4, -0.2) is 29.5 Å². The van der Waals surface area contributed by atoms with Crippen molar-refractivity contribution in [1.29, 1.82) is 0 Å². The molecule has 1 aliphatic rings. The average Bonchev–Trinajstić information content (AvgIpc) is 3.37. The lowest BCUT2D eigenvalue weighted by molar-refractivity contribution is 0.485. The zero-order valence-corrected chi connectivity index (χ0v) is 15.4. The lowest BCUT2D eigenvalue weighted by Crippen LogP contribution is -2.31. The average molecular weight is 389 g/mol. The van der Waals surface area contributed by atoms with Gasteiger partial charge in [-0.15, -0.1) is 0 Å². The highest BCUT2D eigenvalue weighted by atomic mass is 19.1. The number of fused-ring (bicyclic) bond motifs is 2. The molecular formula is C20H16FN7O. The first-order valence-corrected chi connectivity index (χ1v) is 9.09. The molecule has 3 heterocycles. The molecule has 9 heteroatoms. The van der Waals surface area contributed by atoms with Gasteiger partial charge in [-0.1, -0.05) is 24.3 Å². The van der Waals surface area contributed by atoms with Crippen molar-refractivity contribution in [3.8, 4) is 0 Å². The van der Waals surface area contributed by atoms with Gasteiger partial charge in [0.1, 0.15) is 29.5 Å². The number of rotatable bonds is 4. The molecule has 29 heavy (non-hydrogen) atoms. The summed E-state index contributed by atoms with van der Waals surface area (Å²) in [4.78, 5) is 33.4. The maximum atomic E-state index is 14.4. The van der Waals surface area contributed by atoms with E-state index < -0.39 is 17.9 Å². The number of benzene rings is 1.